The highest BCUT2D eigenvalue weighted by atomic mass is 79.9. The lowest BCUT2D eigenvalue weighted by atomic mass is 10.0. The van der Waals surface area contributed by atoms with Crippen molar-refractivity contribution in [2.75, 3.05) is 0 Å². The maximum Gasteiger partial charge on any atom is 0.137 e. The Morgan fingerprint density at radius 1 is 0.947 bits per heavy atom. The summed E-state index contributed by atoms with van der Waals surface area (Å²) in [6.45, 7) is 1.50. The van der Waals surface area contributed by atoms with E-state index < -0.39 is 22.3 Å². The van der Waals surface area contributed by atoms with Crippen molar-refractivity contribution < 1.29 is 13.2 Å². The van der Waals surface area contributed by atoms with Crippen LogP contribution in [0.15, 0.2) is 34.8 Å². The summed E-state index contributed by atoms with van der Waals surface area (Å²) in [4.78, 5) is -0.542. The van der Waals surface area contributed by atoms with E-state index in [1.807, 2.05) is 0 Å². The SMILES string of the molecule is Cc1cc(F)c(C(Br)c2ccc(F)c(Br)c2)cc1F. The van der Waals surface area contributed by atoms with E-state index in [-0.39, 0.29) is 15.6 Å². The molecule has 19 heavy (non-hydrogen) atoms. The molecular weight excluding hydrogens is 385 g/mol. The molecule has 0 aromatic heterocycles. The maximum absolute atomic E-state index is 13.9. The monoisotopic (exact) mass is 392 g/mol. The highest BCUT2D eigenvalue weighted by Gasteiger charge is 2.18. The predicted octanol–water partition coefficient (Wildman–Crippen LogP) is 5.66. The van der Waals surface area contributed by atoms with E-state index >= 15 is 0 Å². The standard InChI is InChI=1S/C14H9Br2F3/c1-7-4-13(19)9(6-12(7)18)14(16)8-2-3-11(17)10(15)5-8/h2-6,14H,1H3. The first-order valence-corrected chi connectivity index (χ1v) is 7.15. The molecule has 100 valence electrons. The van der Waals surface area contributed by atoms with Gasteiger partial charge in [-0.15, -0.1) is 0 Å². The molecule has 0 heterocycles. The summed E-state index contributed by atoms with van der Waals surface area (Å²) in [7, 11) is 0. The van der Waals surface area contributed by atoms with E-state index in [1.54, 1.807) is 0 Å². The van der Waals surface area contributed by atoms with Gasteiger partial charge in [-0.1, -0.05) is 22.0 Å². The second kappa shape index (κ2) is 5.67. The molecule has 0 saturated heterocycles. The van der Waals surface area contributed by atoms with Gasteiger partial charge in [0.15, 0.2) is 0 Å². The first-order valence-electron chi connectivity index (χ1n) is 5.44. The molecule has 1 atom stereocenters. The molecule has 0 nitrogen and oxygen atoms in total. The van der Waals surface area contributed by atoms with Crippen LogP contribution in [0.1, 0.15) is 21.5 Å². The van der Waals surface area contributed by atoms with E-state index in [9.17, 15) is 13.2 Å². The Hall–Kier alpha value is -0.810. The molecule has 0 N–H and O–H groups in total. The summed E-state index contributed by atoms with van der Waals surface area (Å²) in [5, 5.41) is 0. The number of halogens is 5. The summed E-state index contributed by atoms with van der Waals surface area (Å²) in [6, 6.07) is 6.64. The van der Waals surface area contributed by atoms with Crippen molar-refractivity contribution in [2.24, 2.45) is 0 Å². The maximum atomic E-state index is 13.9. The normalized spacial score (nSPS) is 12.5. The Labute approximate surface area is 125 Å². The van der Waals surface area contributed by atoms with Crippen molar-refractivity contribution in [1.82, 2.24) is 0 Å². The van der Waals surface area contributed by atoms with Gasteiger partial charge in [0.05, 0.1) is 9.30 Å². The molecule has 0 fully saturated rings. The number of aryl methyl sites for hydroxylation is 1. The van der Waals surface area contributed by atoms with Gasteiger partial charge in [0.1, 0.15) is 17.5 Å². The lowest BCUT2D eigenvalue weighted by Crippen LogP contribution is -2.00. The number of hydrogen-bond donors (Lipinski definition) is 0. The fraction of sp³-hybridized carbons (Fsp3) is 0.143. The van der Waals surface area contributed by atoms with Crippen LogP contribution < -0.4 is 0 Å². The summed E-state index contributed by atoms with van der Waals surface area (Å²) >= 11 is 6.38. The summed E-state index contributed by atoms with van der Waals surface area (Å²) in [5.74, 6) is -1.37. The third kappa shape index (κ3) is 3.03. The largest absolute Gasteiger partial charge is 0.207 e. The van der Waals surface area contributed by atoms with Crippen molar-refractivity contribution in [3.63, 3.8) is 0 Å². The van der Waals surface area contributed by atoms with Crippen LogP contribution in [-0.2, 0) is 0 Å². The number of hydrogen-bond acceptors (Lipinski definition) is 0. The molecule has 1 unspecified atom stereocenters. The molecule has 0 aliphatic carbocycles. The number of alkyl halides is 1. The van der Waals surface area contributed by atoms with E-state index in [2.05, 4.69) is 31.9 Å². The van der Waals surface area contributed by atoms with Gasteiger partial charge in [0, 0.05) is 5.56 Å². The van der Waals surface area contributed by atoms with Gasteiger partial charge < -0.3 is 0 Å². The minimum atomic E-state index is -0.542. The Kier molecular flexibility index (Phi) is 4.36. The highest BCUT2D eigenvalue weighted by molar-refractivity contribution is 9.10. The molecule has 2 aromatic rings. The molecular formula is C14H9Br2F3. The number of benzene rings is 2. The first kappa shape index (κ1) is 14.6. The van der Waals surface area contributed by atoms with Gasteiger partial charge >= 0.3 is 0 Å². The van der Waals surface area contributed by atoms with Gasteiger partial charge in [-0.2, -0.15) is 0 Å². The zero-order chi connectivity index (χ0) is 14.2. The van der Waals surface area contributed by atoms with Crippen molar-refractivity contribution >= 4 is 31.9 Å². The molecule has 0 bridgehead atoms. The zero-order valence-corrected chi connectivity index (χ0v) is 13.0. The zero-order valence-electron chi connectivity index (χ0n) is 9.85. The van der Waals surface area contributed by atoms with Crippen LogP contribution in [0.25, 0.3) is 0 Å². The van der Waals surface area contributed by atoms with Crippen LogP contribution in [0.5, 0.6) is 0 Å². The second-order valence-corrected chi connectivity index (χ2v) is 5.93. The smallest absolute Gasteiger partial charge is 0.137 e. The van der Waals surface area contributed by atoms with Crippen LogP contribution in [0.2, 0.25) is 0 Å². The van der Waals surface area contributed by atoms with E-state index in [4.69, 9.17) is 0 Å². The topological polar surface area (TPSA) is 0 Å². The minimum absolute atomic E-state index is 0.182. The lowest BCUT2D eigenvalue weighted by Gasteiger charge is -2.13. The third-order valence-electron chi connectivity index (χ3n) is 2.79. The Balaban J connectivity index is 2.46. The molecule has 0 spiro atoms. The predicted molar refractivity (Wildman–Crippen MR) is 76.0 cm³/mol. The van der Waals surface area contributed by atoms with Crippen LogP contribution in [0, 0.1) is 24.4 Å². The van der Waals surface area contributed by atoms with Crippen molar-refractivity contribution in [2.45, 2.75) is 11.8 Å². The van der Waals surface area contributed by atoms with Gasteiger partial charge in [-0.05, 0) is 58.2 Å². The van der Waals surface area contributed by atoms with E-state index in [0.717, 1.165) is 12.1 Å². The third-order valence-corrected chi connectivity index (χ3v) is 4.42. The molecule has 0 saturated carbocycles. The van der Waals surface area contributed by atoms with Gasteiger partial charge in [-0.25, -0.2) is 13.2 Å². The molecule has 2 rings (SSSR count). The van der Waals surface area contributed by atoms with Gasteiger partial charge in [-0.3, -0.25) is 0 Å². The molecule has 0 amide bonds. The van der Waals surface area contributed by atoms with E-state index in [1.165, 1.54) is 25.1 Å². The molecule has 0 aliphatic heterocycles. The van der Waals surface area contributed by atoms with E-state index in [0.29, 0.717) is 5.56 Å². The molecule has 0 radical (unpaired) electrons. The molecule has 0 aliphatic rings. The van der Waals surface area contributed by atoms with Crippen LogP contribution >= 0.6 is 31.9 Å². The average molecular weight is 394 g/mol. The minimum Gasteiger partial charge on any atom is -0.207 e. The van der Waals surface area contributed by atoms with Crippen LogP contribution in [0.3, 0.4) is 0 Å². The second-order valence-electron chi connectivity index (χ2n) is 4.16. The van der Waals surface area contributed by atoms with Crippen molar-refractivity contribution in [3.8, 4) is 0 Å². The van der Waals surface area contributed by atoms with Gasteiger partial charge in [0.25, 0.3) is 0 Å². The Bertz CT molecular complexity index is 626. The van der Waals surface area contributed by atoms with Crippen molar-refractivity contribution in [3.05, 3.63) is 68.9 Å². The average Bonchev–Trinajstić information content (AvgIpc) is 2.36. The fourth-order valence-electron chi connectivity index (χ4n) is 1.71. The summed E-state index contributed by atoms with van der Waals surface area (Å²) < 4.78 is 40.8. The fourth-order valence-corrected chi connectivity index (χ4v) is 2.74. The quantitative estimate of drug-likeness (QED) is 0.577. The first-order chi connectivity index (χ1) is 8.90. The highest BCUT2D eigenvalue weighted by Crippen LogP contribution is 2.35. The number of rotatable bonds is 2. The molecule has 5 heteroatoms. The summed E-state index contributed by atoms with van der Waals surface area (Å²) in [5.41, 5.74) is 1.07. The van der Waals surface area contributed by atoms with Gasteiger partial charge in [0.2, 0.25) is 0 Å². The Morgan fingerprint density at radius 3 is 2.26 bits per heavy atom. The lowest BCUT2D eigenvalue weighted by molar-refractivity contribution is 0.581. The van der Waals surface area contributed by atoms with Crippen LogP contribution in [-0.4, -0.2) is 0 Å². The Morgan fingerprint density at radius 2 is 1.63 bits per heavy atom. The van der Waals surface area contributed by atoms with Crippen LogP contribution in [0.4, 0.5) is 13.2 Å². The van der Waals surface area contributed by atoms with Crippen molar-refractivity contribution in [1.29, 1.82) is 0 Å². The summed E-state index contributed by atoms with van der Waals surface area (Å²) in [6.07, 6.45) is 0. The molecule has 2 aromatic carbocycles.